The van der Waals surface area contributed by atoms with E-state index in [0.717, 1.165) is 45.4 Å². The first-order valence-corrected chi connectivity index (χ1v) is 6.47. The summed E-state index contributed by atoms with van der Waals surface area (Å²) in [4.78, 5) is 13.9. The van der Waals surface area contributed by atoms with Crippen molar-refractivity contribution in [1.29, 1.82) is 0 Å². The molecule has 0 unspecified atom stereocenters. The van der Waals surface area contributed by atoms with Crippen molar-refractivity contribution in [2.45, 2.75) is 38.2 Å². The first-order valence-electron chi connectivity index (χ1n) is 6.47. The Kier molecular flexibility index (Phi) is 4.60. The Labute approximate surface area is 97.3 Å². The maximum atomic E-state index is 11.7. The van der Waals surface area contributed by atoms with Crippen LogP contribution in [0.5, 0.6) is 0 Å². The highest BCUT2D eigenvalue weighted by molar-refractivity contribution is 5.71. The monoisotopic (exact) mass is 226 g/mol. The third-order valence-corrected chi connectivity index (χ3v) is 3.39. The lowest BCUT2D eigenvalue weighted by Crippen LogP contribution is -2.35. The van der Waals surface area contributed by atoms with Crippen molar-refractivity contribution in [1.82, 2.24) is 10.2 Å². The van der Waals surface area contributed by atoms with Crippen LogP contribution in [0, 0.1) is 0 Å². The number of ether oxygens (including phenoxy) is 1. The van der Waals surface area contributed by atoms with Crippen LogP contribution in [0.3, 0.4) is 0 Å². The van der Waals surface area contributed by atoms with Gasteiger partial charge in [0.25, 0.3) is 0 Å². The Balaban J connectivity index is 1.68. The lowest BCUT2D eigenvalue weighted by atomic mass is 10.3. The molecule has 0 amide bonds. The molecule has 2 fully saturated rings. The van der Waals surface area contributed by atoms with Gasteiger partial charge in [-0.3, -0.25) is 9.69 Å². The first-order chi connectivity index (χ1) is 7.84. The van der Waals surface area contributed by atoms with Gasteiger partial charge in [-0.05, 0) is 45.2 Å². The van der Waals surface area contributed by atoms with Gasteiger partial charge < -0.3 is 10.1 Å². The van der Waals surface area contributed by atoms with E-state index >= 15 is 0 Å². The highest BCUT2D eigenvalue weighted by Crippen LogP contribution is 2.20. The summed E-state index contributed by atoms with van der Waals surface area (Å²) in [7, 11) is 0. The zero-order valence-electron chi connectivity index (χ0n) is 9.91. The van der Waals surface area contributed by atoms with Crippen LogP contribution in [-0.4, -0.2) is 49.7 Å². The summed E-state index contributed by atoms with van der Waals surface area (Å²) in [6.07, 6.45) is 5.88. The van der Waals surface area contributed by atoms with E-state index in [0.29, 0.717) is 6.54 Å². The Morgan fingerprint density at radius 2 is 2.00 bits per heavy atom. The Hall–Kier alpha value is -0.610. The van der Waals surface area contributed by atoms with Gasteiger partial charge >= 0.3 is 5.97 Å². The fourth-order valence-electron chi connectivity index (χ4n) is 2.47. The fraction of sp³-hybridized carbons (Fsp3) is 0.917. The van der Waals surface area contributed by atoms with Crippen LogP contribution in [-0.2, 0) is 9.53 Å². The summed E-state index contributed by atoms with van der Waals surface area (Å²) in [6.45, 7) is 4.48. The normalized spacial score (nSPS) is 24.2. The van der Waals surface area contributed by atoms with E-state index in [1.165, 1.54) is 12.8 Å². The molecule has 0 atom stereocenters. The molecule has 0 spiro atoms. The molecule has 4 nitrogen and oxygen atoms in total. The Morgan fingerprint density at radius 3 is 2.81 bits per heavy atom. The topological polar surface area (TPSA) is 41.6 Å². The Bertz CT molecular complexity index is 219. The highest BCUT2D eigenvalue weighted by atomic mass is 16.5. The van der Waals surface area contributed by atoms with Gasteiger partial charge in [-0.2, -0.15) is 0 Å². The number of carbonyl (C=O) groups excluding carboxylic acids is 1. The summed E-state index contributed by atoms with van der Waals surface area (Å²) >= 11 is 0. The Morgan fingerprint density at radius 1 is 1.19 bits per heavy atom. The van der Waals surface area contributed by atoms with E-state index in [1.54, 1.807) is 0 Å². The predicted octanol–water partition coefficient (Wildman–Crippen LogP) is 0.767. The molecule has 92 valence electrons. The molecule has 0 aromatic carbocycles. The SMILES string of the molecule is O=C(CN1CCCNCC1)OC1CCCC1. The van der Waals surface area contributed by atoms with Crippen molar-refractivity contribution in [3.05, 3.63) is 0 Å². The van der Waals surface area contributed by atoms with Gasteiger partial charge in [-0.25, -0.2) is 0 Å². The second kappa shape index (κ2) is 6.21. The molecule has 2 aliphatic rings. The molecule has 2 rings (SSSR count). The van der Waals surface area contributed by atoms with Crippen molar-refractivity contribution in [2.75, 3.05) is 32.7 Å². The lowest BCUT2D eigenvalue weighted by molar-refractivity contribution is -0.150. The number of esters is 1. The fourth-order valence-corrected chi connectivity index (χ4v) is 2.47. The zero-order valence-corrected chi connectivity index (χ0v) is 9.91. The van der Waals surface area contributed by atoms with Gasteiger partial charge in [-0.15, -0.1) is 0 Å². The second-order valence-electron chi connectivity index (χ2n) is 4.78. The lowest BCUT2D eigenvalue weighted by Gasteiger charge is -2.19. The van der Waals surface area contributed by atoms with Crippen LogP contribution >= 0.6 is 0 Å². The molecule has 0 aromatic heterocycles. The molecule has 1 aliphatic heterocycles. The molecule has 0 radical (unpaired) electrons. The molecule has 4 heteroatoms. The number of nitrogens with zero attached hydrogens (tertiary/aromatic N) is 1. The summed E-state index contributed by atoms with van der Waals surface area (Å²) in [5.41, 5.74) is 0. The van der Waals surface area contributed by atoms with Crippen LogP contribution in [0.4, 0.5) is 0 Å². The second-order valence-corrected chi connectivity index (χ2v) is 4.78. The molecule has 1 saturated heterocycles. The molecule has 1 aliphatic carbocycles. The standard InChI is InChI=1S/C12H22N2O2/c15-12(16-11-4-1-2-5-11)10-14-8-3-6-13-7-9-14/h11,13H,1-10H2. The summed E-state index contributed by atoms with van der Waals surface area (Å²) in [5.74, 6) is -0.0335. The van der Waals surface area contributed by atoms with Crippen LogP contribution in [0.25, 0.3) is 0 Å². The maximum Gasteiger partial charge on any atom is 0.320 e. The third kappa shape index (κ3) is 3.76. The molecular formula is C12H22N2O2. The van der Waals surface area contributed by atoms with Gasteiger partial charge in [0.05, 0.1) is 6.54 Å². The molecule has 1 N–H and O–H groups in total. The zero-order chi connectivity index (χ0) is 11.2. The molecule has 1 saturated carbocycles. The highest BCUT2D eigenvalue weighted by Gasteiger charge is 2.20. The van der Waals surface area contributed by atoms with Crippen molar-refractivity contribution >= 4 is 5.97 Å². The summed E-state index contributed by atoms with van der Waals surface area (Å²) in [5, 5.41) is 3.33. The van der Waals surface area contributed by atoms with Crippen LogP contribution < -0.4 is 5.32 Å². The summed E-state index contributed by atoms with van der Waals surface area (Å²) in [6, 6.07) is 0. The average Bonchev–Trinajstić information content (AvgIpc) is 2.62. The molecular weight excluding hydrogens is 204 g/mol. The van der Waals surface area contributed by atoms with Crippen LogP contribution in [0.2, 0.25) is 0 Å². The smallest absolute Gasteiger partial charge is 0.320 e. The number of hydrogen-bond acceptors (Lipinski definition) is 4. The van der Waals surface area contributed by atoms with Gasteiger partial charge in [0, 0.05) is 13.1 Å². The minimum absolute atomic E-state index is 0.0335. The van der Waals surface area contributed by atoms with Gasteiger partial charge in [-0.1, -0.05) is 0 Å². The third-order valence-electron chi connectivity index (χ3n) is 3.39. The van der Waals surface area contributed by atoms with Crippen molar-refractivity contribution in [3.63, 3.8) is 0 Å². The first kappa shape index (κ1) is 11.9. The molecule has 0 aromatic rings. The average molecular weight is 226 g/mol. The van der Waals surface area contributed by atoms with E-state index in [1.807, 2.05) is 0 Å². The molecule has 1 heterocycles. The summed E-state index contributed by atoms with van der Waals surface area (Å²) < 4.78 is 5.45. The maximum absolute atomic E-state index is 11.7. The van der Waals surface area contributed by atoms with E-state index in [4.69, 9.17) is 4.74 Å². The molecule has 16 heavy (non-hydrogen) atoms. The van der Waals surface area contributed by atoms with E-state index in [-0.39, 0.29) is 12.1 Å². The number of carbonyl (C=O) groups is 1. The van der Waals surface area contributed by atoms with Crippen molar-refractivity contribution in [3.8, 4) is 0 Å². The van der Waals surface area contributed by atoms with Gasteiger partial charge in [0.15, 0.2) is 0 Å². The number of nitrogens with one attached hydrogen (secondary N) is 1. The quantitative estimate of drug-likeness (QED) is 0.722. The molecule has 0 bridgehead atoms. The number of hydrogen-bond donors (Lipinski definition) is 1. The van der Waals surface area contributed by atoms with Crippen LogP contribution in [0.15, 0.2) is 0 Å². The van der Waals surface area contributed by atoms with Crippen molar-refractivity contribution in [2.24, 2.45) is 0 Å². The minimum Gasteiger partial charge on any atom is -0.461 e. The van der Waals surface area contributed by atoms with E-state index in [9.17, 15) is 4.79 Å². The predicted molar refractivity (Wildman–Crippen MR) is 62.3 cm³/mol. The van der Waals surface area contributed by atoms with Crippen molar-refractivity contribution < 1.29 is 9.53 Å². The van der Waals surface area contributed by atoms with Crippen LogP contribution in [0.1, 0.15) is 32.1 Å². The minimum atomic E-state index is -0.0335. The largest absolute Gasteiger partial charge is 0.461 e. The number of rotatable bonds is 3. The van der Waals surface area contributed by atoms with Gasteiger partial charge in [0.1, 0.15) is 6.10 Å². The van der Waals surface area contributed by atoms with Gasteiger partial charge in [0.2, 0.25) is 0 Å². The van der Waals surface area contributed by atoms with E-state index < -0.39 is 0 Å². The van der Waals surface area contributed by atoms with E-state index in [2.05, 4.69) is 10.2 Å².